The maximum atomic E-state index is 2.60. The molecule has 0 spiro atoms. The Balaban J connectivity index is 0.000000255. The Morgan fingerprint density at radius 1 is 0.706 bits per heavy atom. The molecule has 0 N–H and O–H groups in total. The molecule has 0 aliphatic carbocycles. The van der Waals surface area contributed by atoms with Crippen LogP contribution in [0.5, 0.6) is 0 Å². The first-order valence-electron chi connectivity index (χ1n) is 14.6. The summed E-state index contributed by atoms with van der Waals surface area (Å²) in [6.45, 7) is 34.6. The average molecular weight is 482 g/mol. The van der Waals surface area contributed by atoms with Gasteiger partial charge in [-0.3, -0.25) is 14.7 Å². The van der Waals surface area contributed by atoms with Gasteiger partial charge in [0.2, 0.25) is 0 Å². The summed E-state index contributed by atoms with van der Waals surface area (Å²) in [5.41, 5.74) is 0.384. The first kappa shape index (κ1) is 31.8. The second kappa shape index (κ2) is 16.5. The van der Waals surface area contributed by atoms with Gasteiger partial charge in [0.15, 0.2) is 0 Å². The zero-order chi connectivity index (χ0) is 25.7. The molecule has 0 radical (unpaired) electrons. The van der Waals surface area contributed by atoms with Gasteiger partial charge in [0.05, 0.1) is 0 Å². The van der Waals surface area contributed by atoms with Gasteiger partial charge in [0, 0.05) is 50.3 Å². The minimum atomic E-state index is 0.384. The van der Waals surface area contributed by atoms with Crippen LogP contribution in [-0.2, 0) is 0 Å². The number of hydrogen-bond acceptors (Lipinski definition) is 5. The van der Waals surface area contributed by atoms with Crippen molar-refractivity contribution in [3.8, 4) is 0 Å². The van der Waals surface area contributed by atoms with Crippen molar-refractivity contribution in [3.63, 3.8) is 0 Å². The van der Waals surface area contributed by atoms with Crippen molar-refractivity contribution in [2.24, 2.45) is 5.92 Å². The summed E-state index contributed by atoms with van der Waals surface area (Å²) in [6.07, 6.45) is 5.48. The lowest BCUT2D eigenvalue weighted by atomic mass is 9.95. The Morgan fingerprint density at radius 3 is 1.74 bits per heavy atom. The number of nitrogens with zero attached hydrogens (tertiary/aromatic N) is 5. The summed E-state index contributed by atoms with van der Waals surface area (Å²) in [6, 6.07) is 1.45. The zero-order valence-corrected chi connectivity index (χ0v) is 25.1. The van der Waals surface area contributed by atoms with Gasteiger partial charge in [-0.1, -0.05) is 13.8 Å². The normalized spacial score (nSPS) is 25.2. The van der Waals surface area contributed by atoms with Gasteiger partial charge in [0.25, 0.3) is 0 Å². The van der Waals surface area contributed by atoms with E-state index >= 15 is 0 Å². The van der Waals surface area contributed by atoms with Crippen molar-refractivity contribution >= 4 is 0 Å². The topological polar surface area (TPSA) is 16.2 Å². The van der Waals surface area contributed by atoms with E-state index in [9.17, 15) is 0 Å². The van der Waals surface area contributed by atoms with Crippen LogP contribution in [-0.4, -0.2) is 121 Å². The van der Waals surface area contributed by atoms with Crippen LogP contribution >= 0.6 is 0 Å². The average Bonchev–Trinajstić information content (AvgIpc) is 3.14. The summed E-state index contributed by atoms with van der Waals surface area (Å²) >= 11 is 0. The summed E-state index contributed by atoms with van der Waals surface area (Å²) < 4.78 is 0. The molecule has 34 heavy (non-hydrogen) atoms. The molecular weight excluding hydrogens is 418 g/mol. The predicted octanol–water partition coefficient (Wildman–Crippen LogP) is 4.97. The van der Waals surface area contributed by atoms with Gasteiger partial charge in [-0.05, 0) is 126 Å². The van der Waals surface area contributed by atoms with Crippen molar-refractivity contribution in [2.45, 2.75) is 106 Å². The lowest BCUT2D eigenvalue weighted by Crippen LogP contribution is -2.46. The van der Waals surface area contributed by atoms with Crippen LogP contribution in [0.4, 0.5) is 0 Å². The molecule has 204 valence electrons. The molecule has 0 amide bonds. The van der Waals surface area contributed by atoms with Crippen LogP contribution in [0.15, 0.2) is 0 Å². The van der Waals surface area contributed by atoms with Crippen LogP contribution in [0.1, 0.15) is 88.0 Å². The van der Waals surface area contributed by atoms with Crippen LogP contribution in [0, 0.1) is 5.92 Å². The van der Waals surface area contributed by atoms with Gasteiger partial charge < -0.3 is 9.80 Å². The maximum absolute atomic E-state index is 2.60. The molecule has 1 unspecified atom stereocenters. The fourth-order valence-electron chi connectivity index (χ4n) is 5.21. The first-order chi connectivity index (χ1) is 15.9. The van der Waals surface area contributed by atoms with Crippen LogP contribution < -0.4 is 0 Å². The summed E-state index contributed by atoms with van der Waals surface area (Å²) in [5.74, 6) is 0.906. The Hall–Kier alpha value is -0.200. The summed E-state index contributed by atoms with van der Waals surface area (Å²) in [4.78, 5) is 12.7. The second-order valence-corrected chi connectivity index (χ2v) is 12.6. The minimum Gasteiger partial charge on any atom is -0.305 e. The van der Waals surface area contributed by atoms with E-state index in [2.05, 4.69) is 93.9 Å². The van der Waals surface area contributed by atoms with E-state index in [0.29, 0.717) is 5.54 Å². The molecule has 3 heterocycles. The Kier molecular flexibility index (Phi) is 15.5. The molecule has 0 saturated carbocycles. The van der Waals surface area contributed by atoms with E-state index in [1.54, 1.807) is 0 Å². The molecule has 5 heteroatoms. The predicted molar refractivity (Wildman–Crippen MR) is 152 cm³/mol. The highest BCUT2D eigenvalue weighted by molar-refractivity contribution is 4.80. The fourth-order valence-corrected chi connectivity index (χ4v) is 5.21. The molecule has 1 atom stereocenters. The maximum Gasteiger partial charge on any atom is 0.0125 e. The van der Waals surface area contributed by atoms with Crippen molar-refractivity contribution in [3.05, 3.63) is 0 Å². The van der Waals surface area contributed by atoms with Crippen molar-refractivity contribution in [1.29, 1.82) is 0 Å². The van der Waals surface area contributed by atoms with Crippen LogP contribution in [0.3, 0.4) is 0 Å². The van der Waals surface area contributed by atoms with Crippen molar-refractivity contribution in [1.82, 2.24) is 24.5 Å². The molecule has 3 aliphatic rings. The highest BCUT2D eigenvalue weighted by Gasteiger charge is 2.25. The molecule has 5 nitrogen and oxygen atoms in total. The third-order valence-electron chi connectivity index (χ3n) is 7.89. The highest BCUT2D eigenvalue weighted by atomic mass is 15.2. The molecular formula is C29H63N5. The molecule has 0 aromatic rings. The minimum absolute atomic E-state index is 0.384. The number of piperidine rings is 1. The Bertz CT molecular complexity index is 501. The molecule has 3 fully saturated rings. The lowest BCUT2D eigenvalue weighted by Gasteiger charge is -2.40. The highest BCUT2D eigenvalue weighted by Crippen LogP contribution is 2.22. The number of rotatable bonds is 3. The SMILES string of the molecule is CC(C)N1CCCN(C)CC1.CC1CCCN(C(C)(C)C)C1.CCN1CCCN(C(C)C)CC1. The number of likely N-dealkylation sites (N-methyl/N-ethyl adjacent to an activating group) is 2. The molecule has 3 saturated heterocycles. The quantitative estimate of drug-likeness (QED) is 0.564. The van der Waals surface area contributed by atoms with E-state index < -0.39 is 0 Å². The molecule has 3 aliphatic heterocycles. The third kappa shape index (κ3) is 13.2. The van der Waals surface area contributed by atoms with Gasteiger partial charge in [-0.15, -0.1) is 0 Å². The lowest BCUT2D eigenvalue weighted by molar-refractivity contribution is 0.0843. The summed E-state index contributed by atoms with van der Waals surface area (Å²) in [7, 11) is 2.21. The summed E-state index contributed by atoms with van der Waals surface area (Å²) in [5, 5.41) is 0. The molecule has 0 aromatic carbocycles. The Labute approximate surface area is 215 Å². The Morgan fingerprint density at radius 2 is 1.26 bits per heavy atom. The standard InChI is InChI=1S/C10H22N2.C10H21N.C9H20N2/c1-4-11-6-5-7-12(9-8-11)10(2)3;1-9-6-5-7-11(8-9)10(2,3)4;1-9(2)11-6-4-5-10(3)7-8-11/h10H,4-9H2,1-3H3;9H,5-8H2,1-4H3;9H,4-8H2,1-3H3. The smallest absolute Gasteiger partial charge is 0.0125 e. The third-order valence-corrected chi connectivity index (χ3v) is 7.89. The number of hydrogen-bond donors (Lipinski definition) is 0. The molecule has 0 aromatic heterocycles. The van der Waals surface area contributed by atoms with Gasteiger partial charge in [0.1, 0.15) is 0 Å². The van der Waals surface area contributed by atoms with Crippen LogP contribution in [0.2, 0.25) is 0 Å². The monoisotopic (exact) mass is 482 g/mol. The first-order valence-corrected chi connectivity index (χ1v) is 14.6. The van der Waals surface area contributed by atoms with Gasteiger partial charge in [-0.25, -0.2) is 0 Å². The second-order valence-electron chi connectivity index (χ2n) is 12.6. The van der Waals surface area contributed by atoms with Gasteiger partial charge >= 0.3 is 0 Å². The fraction of sp³-hybridized carbons (Fsp3) is 1.00. The van der Waals surface area contributed by atoms with Gasteiger partial charge in [-0.2, -0.15) is 0 Å². The molecule has 0 bridgehead atoms. The van der Waals surface area contributed by atoms with E-state index in [1.807, 2.05) is 0 Å². The van der Waals surface area contributed by atoms with E-state index in [4.69, 9.17) is 0 Å². The molecule has 3 rings (SSSR count). The van der Waals surface area contributed by atoms with E-state index in [0.717, 1.165) is 18.0 Å². The van der Waals surface area contributed by atoms with Crippen molar-refractivity contribution < 1.29 is 0 Å². The van der Waals surface area contributed by atoms with E-state index in [-0.39, 0.29) is 0 Å². The van der Waals surface area contributed by atoms with Crippen LogP contribution in [0.25, 0.3) is 0 Å². The van der Waals surface area contributed by atoms with E-state index in [1.165, 1.54) is 97.7 Å². The largest absolute Gasteiger partial charge is 0.305 e. The zero-order valence-electron chi connectivity index (χ0n) is 25.1. The van der Waals surface area contributed by atoms with Crippen molar-refractivity contribution in [2.75, 3.05) is 79.0 Å². The number of likely N-dealkylation sites (tertiary alicyclic amines) is 1.